The molecule has 4 nitrogen and oxygen atoms in total. The number of carbonyl (C=O) groups excluding carboxylic acids is 1. The number of amides is 1. The van der Waals surface area contributed by atoms with E-state index in [1.807, 2.05) is 43.3 Å². The molecule has 2 aromatic carbocycles. The molecular weight excluding hydrogens is 252 g/mol. The van der Waals surface area contributed by atoms with Gasteiger partial charge in [0.05, 0.1) is 6.04 Å². The van der Waals surface area contributed by atoms with Gasteiger partial charge < -0.3 is 16.2 Å². The zero-order valence-corrected chi connectivity index (χ0v) is 11.3. The Morgan fingerprint density at radius 3 is 2.40 bits per heavy atom. The minimum absolute atomic E-state index is 0.177. The molecule has 104 valence electrons. The third kappa shape index (κ3) is 3.36. The van der Waals surface area contributed by atoms with Gasteiger partial charge in [-0.15, -0.1) is 0 Å². The van der Waals surface area contributed by atoms with Crippen molar-refractivity contribution in [3.63, 3.8) is 0 Å². The molecule has 0 saturated carbocycles. The smallest absolute Gasteiger partial charge is 0.241 e. The maximum absolute atomic E-state index is 12.1. The fourth-order valence-electron chi connectivity index (χ4n) is 1.99. The van der Waals surface area contributed by atoms with Crippen LogP contribution in [0, 0.1) is 0 Å². The van der Waals surface area contributed by atoms with Crippen molar-refractivity contribution in [3.05, 3.63) is 65.7 Å². The standard InChI is InChI=1S/C16H18N2O2/c1-11(13-8-5-9-14(19)10-13)18-16(20)15(17)12-6-3-2-4-7-12/h2-11,15,19H,17H2,1H3,(H,18,20). The first-order valence-electron chi connectivity index (χ1n) is 6.48. The third-order valence-corrected chi connectivity index (χ3v) is 3.17. The first kappa shape index (κ1) is 14.1. The van der Waals surface area contributed by atoms with Crippen molar-refractivity contribution in [2.45, 2.75) is 19.0 Å². The number of nitrogens with one attached hydrogen (secondary N) is 1. The summed E-state index contributed by atoms with van der Waals surface area (Å²) in [6, 6.07) is 15.1. The van der Waals surface area contributed by atoms with Crippen LogP contribution in [0.15, 0.2) is 54.6 Å². The van der Waals surface area contributed by atoms with Crippen LogP contribution in [-0.2, 0) is 4.79 Å². The molecule has 0 aliphatic heterocycles. The van der Waals surface area contributed by atoms with Crippen molar-refractivity contribution in [1.82, 2.24) is 5.32 Å². The van der Waals surface area contributed by atoms with Gasteiger partial charge in [-0.2, -0.15) is 0 Å². The number of phenolic OH excluding ortho intramolecular Hbond substituents is 1. The lowest BCUT2D eigenvalue weighted by molar-refractivity contribution is -0.123. The SMILES string of the molecule is CC(NC(=O)C(N)c1ccccc1)c1cccc(O)c1. The van der Waals surface area contributed by atoms with Gasteiger partial charge >= 0.3 is 0 Å². The monoisotopic (exact) mass is 270 g/mol. The second-order valence-electron chi connectivity index (χ2n) is 4.71. The highest BCUT2D eigenvalue weighted by Gasteiger charge is 2.18. The summed E-state index contributed by atoms with van der Waals surface area (Å²) in [4.78, 5) is 12.1. The van der Waals surface area contributed by atoms with Crippen molar-refractivity contribution < 1.29 is 9.90 Å². The first-order chi connectivity index (χ1) is 9.58. The van der Waals surface area contributed by atoms with Crippen molar-refractivity contribution >= 4 is 5.91 Å². The summed E-state index contributed by atoms with van der Waals surface area (Å²) in [6.45, 7) is 1.85. The molecule has 0 radical (unpaired) electrons. The molecule has 1 amide bonds. The number of carbonyl (C=O) groups is 1. The Balaban J connectivity index is 2.04. The number of hydrogen-bond acceptors (Lipinski definition) is 3. The minimum Gasteiger partial charge on any atom is -0.508 e. The number of rotatable bonds is 4. The quantitative estimate of drug-likeness (QED) is 0.797. The van der Waals surface area contributed by atoms with E-state index in [1.54, 1.807) is 18.2 Å². The van der Waals surface area contributed by atoms with E-state index in [1.165, 1.54) is 0 Å². The Kier molecular flexibility index (Phi) is 4.38. The van der Waals surface area contributed by atoms with Gasteiger partial charge in [0.2, 0.25) is 5.91 Å². The predicted molar refractivity (Wildman–Crippen MR) is 78.0 cm³/mol. The van der Waals surface area contributed by atoms with E-state index in [9.17, 15) is 9.90 Å². The van der Waals surface area contributed by atoms with Crippen molar-refractivity contribution in [2.24, 2.45) is 5.73 Å². The highest BCUT2D eigenvalue weighted by atomic mass is 16.3. The predicted octanol–water partition coefficient (Wildman–Crippen LogP) is 2.27. The molecule has 4 heteroatoms. The van der Waals surface area contributed by atoms with E-state index >= 15 is 0 Å². The van der Waals surface area contributed by atoms with Crippen LogP contribution in [0.5, 0.6) is 5.75 Å². The van der Waals surface area contributed by atoms with E-state index in [0.717, 1.165) is 11.1 Å². The molecule has 4 N–H and O–H groups in total. The molecule has 2 unspecified atom stereocenters. The molecule has 0 aromatic heterocycles. The maximum atomic E-state index is 12.1. The largest absolute Gasteiger partial charge is 0.508 e. The van der Waals surface area contributed by atoms with Crippen LogP contribution in [0.1, 0.15) is 30.1 Å². The van der Waals surface area contributed by atoms with Crippen LogP contribution in [0.2, 0.25) is 0 Å². The van der Waals surface area contributed by atoms with E-state index in [4.69, 9.17) is 5.73 Å². The first-order valence-corrected chi connectivity index (χ1v) is 6.48. The zero-order valence-electron chi connectivity index (χ0n) is 11.3. The van der Waals surface area contributed by atoms with Gasteiger partial charge in [0.15, 0.2) is 0 Å². The molecule has 0 aliphatic rings. The third-order valence-electron chi connectivity index (χ3n) is 3.17. The van der Waals surface area contributed by atoms with E-state index in [0.29, 0.717) is 0 Å². The van der Waals surface area contributed by atoms with Crippen LogP contribution >= 0.6 is 0 Å². The average Bonchev–Trinajstić information content (AvgIpc) is 2.47. The lowest BCUT2D eigenvalue weighted by atomic mass is 10.0. The molecule has 0 aliphatic carbocycles. The van der Waals surface area contributed by atoms with Crippen molar-refractivity contribution in [1.29, 1.82) is 0 Å². The van der Waals surface area contributed by atoms with Crippen LogP contribution in [0.25, 0.3) is 0 Å². The average molecular weight is 270 g/mol. The normalized spacial score (nSPS) is 13.5. The van der Waals surface area contributed by atoms with Gasteiger partial charge in [-0.3, -0.25) is 4.79 Å². The van der Waals surface area contributed by atoms with Crippen LogP contribution < -0.4 is 11.1 Å². The molecule has 0 heterocycles. The Morgan fingerprint density at radius 1 is 1.10 bits per heavy atom. The molecule has 0 bridgehead atoms. The summed E-state index contributed by atoms with van der Waals surface area (Å²) >= 11 is 0. The number of benzene rings is 2. The molecule has 2 aromatic rings. The number of nitrogens with two attached hydrogens (primary N) is 1. The summed E-state index contributed by atoms with van der Waals surface area (Å²) < 4.78 is 0. The second-order valence-corrected chi connectivity index (χ2v) is 4.71. The zero-order chi connectivity index (χ0) is 14.5. The maximum Gasteiger partial charge on any atom is 0.241 e. The summed E-state index contributed by atoms with van der Waals surface area (Å²) in [7, 11) is 0. The molecule has 0 spiro atoms. The van der Waals surface area contributed by atoms with Gasteiger partial charge in [-0.25, -0.2) is 0 Å². The summed E-state index contributed by atoms with van der Waals surface area (Å²) in [5.74, 6) is -0.0667. The Hall–Kier alpha value is -2.33. The van der Waals surface area contributed by atoms with Gasteiger partial charge in [0, 0.05) is 0 Å². The van der Waals surface area contributed by atoms with E-state index in [-0.39, 0.29) is 17.7 Å². The van der Waals surface area contributed by atoms with Crippen molar-refractivity contribution in [3.8, 4) is 5.75 Å². The molecule has 20 heavy (non-hydrogen) atoms. The highest BCUT2D eigenvalue weighted by Crippen LogP contribution is 2.19. The Bertz CT molecular complexity index is 584. The van der Waals surface area contributed by atoms with Gasteiger partial charge in [-0.1, -0.05) is 42.5 Å². The van der Waals surface area contributed by atoms with Gasteiger partial charge in [0.25, 0.3) is 0 Å². The number of phenols is 1. The fraction of sp³-hybridized carbons (Fsp3) is 0.188. The van der Waals surface area contributed by atoms with Gasteiger partial charge in [0.1, 0.15) is 11.8 Å². The number of aromatic hydroxyl groups is 1. The van der Waals surface area contributed by atoms with Gasteiger partial charge in [-0.05, 0) is 30.2 Å². The summed E-state index contributed by atoms with van der Waals surface area (Å²) in [6.07, 6.45) is 0. The lowest BCUT2D eigenvalue weighted by Crippen LogP contribution is -2.35. The number of hydrogen-bond donors (Lipinski definition) is 3. The second kappa shape index (κ2) is 6.21. The molecule has 0 saturated heterocycles. The van der Waals surface area contributed by atoms with Crippen LogP contribution in [-0.4, -0.2) is 11.0 Å². The van der Waals surface area contributed by atoms with E-state index < -0.39 is 6.04 Å². The molecule has 0 fully saturated rings. The summed E-state index contributed by atoms with van der Waals surface area (Å²) in [5, 5.41) is 12.3. The van der Waals surface area contributed by atoms with Crippen LogP contribution in [0.3, 0.4) is 0 Å². The molecule has 2 atom stereocenters. The minimum atomic E-state index is -0.698. The molecular formula is C16H18N2O2. The lowest BCUT2D eigenvalue weighted by Gasteiger charge is -2.18. The van der Waals surface area contributed by atoms with Crippen LogP contribution in [0.4, 0.5) is 0 Å². The fourth-order valence-corrected chi connectivity index (χ4v) is 1.99. The molecule has 2 rings (SSSR count). The topological polar surface area (TPSA) is 75.4 Å². The van der Waals surface area contributed by atoms with E-state index in [2.05, 4.69) is 5.32 Å². The Labute approximate surface area is 118 Å². The highest BCUT2D eigenvalue weighted by molar-refractivity contribution is 5.83. The van der Waals surface area contributed by atoms with Crippen molar-refractivity contribution in [2.75, 3.05) is 0 Å². The Morgan fingerprint density at radius 2 is 1.75 bits per heavy atom. The summed E-state index contributed by atoms with van der Waals surface area (Å²) in [5.41, 5.74) is 7.54.